The molecule has 0 fully saturated rings. The van der Waals surface area contributed by atoms with E-state index in [1.165, 1.54) is 0 Å². The third kappa shape index (κ3) is 3.15. The fourth-order valence-corrected chi connectivity index (χ4v) is 2.11. The lowest BCUT2D eigenvalue weighted by Crippen LogP contribution is -2.28. The van der Waals surface area contributed by atoms with Crippen LogP contribution in [0.3, 0.4) is 0 Å². The van der Waals surface area contributed by atoms with E-state index in [-0.39, 0.29) is 0 Å². The second kappa shape index (κ2) is 6.38. The molecule has 0 aliphatic carbocycles. The van der Waals surface area contributed by atoms with Gasteiger partial charge in [0.05, 0.1) is 11.2 Å². The zero-order chi connectivity index (χ0) is 13.7. The molecule has 0 atom stereocenters. The van der Waals surface area contributed by atoms with Crippen molar-refractivity contribution in [1.29, 1.82) is 0 Å². The fourth-order valence-electron chi connectivity index (χ4n) is 2.11. The van der Waals surface area contributed by atoms with E-state index in [0.717, 1.165) is 36.3 Å². The van der Waals surface area contributed by atoms with Crippen LogP contribution in [-0.4, -0.2) is 36.1 Å². The molecule has 0 radical (unpaired) electrons. The van der Waals surface area contributed by atoms with Crippen LogP contribution in [0.5, 0.6) is 5.75 Å². The number of benzene rings is 1. The van der Waals surface area contributed by atoms with Crippen molar-refractivity contribution < 1.29 is 4.74 Å². The second-order valence-electron chi connectivity index (χ2n) is 4.42. The molecule has 2 N–H and O–H groups in total. The zero-order valence-electron chi connectivity index (χ0n) is 11.6. The van der Waals surface area contributed by atoms with Gasteiger partial charge in [0, 0.05) is 18.1 Å². The summed E-state index contributed by atoms with van der Waals surface area (Å²) in [5.74, 6) is 0.743. The molecule has 4 heteroatoms. The van der Waals surface area contributed by atoms with Crippen molar-refractivity contribution in [1.82, 2.24) is 9.88 Å². The van der Waals surface area contributed by atoms with E-state index in [2.05, 4.69) is 23.7 Å². The second-order valence-corrected chi connectivity index (χ2v) is 4.42. The summed E-state index contributed by atoms with van der Waals surface area (Å²) in [5.41, 5.74) is 7.69. The van der Waals surface area contributed by atoms with Gasteiger partial charge in [-0.05, 0) is 37.4 Å². The molecular weight excluding hydrogens is 238 g/mol. The molecule has 0 aliphatic heterocycles. The summed E-state index contributed by atoms with van der Waals surface area (Å²) in [6.45, 7) is 7.95. The number of pyridine rings is 1. The lowest BCUT2D eigenvalue weighted by Gasteiger charge is -2.18. The summed E-state index contributed by atoms with van der Waals surface area (Å²) in [4.78, 5) is 6.59. The van der Waals surface area contributed by atoms with Crippen molar-refractivity contribution in [2.24, 2.45) is 0 Å². The van der Waals surface area contributed by atoms with Gasteiger partial charge in [0.2, 0.25) is 0 Å². The highest BCUT2D eigenvalue weighted by atomic mass is 16.5. The first-order valence-corrected chi connectivity index (χ1v) is 6.74. The number of fused-ring (bicyclic) bond motifs is 1. The summed E-state index contributed by atoms with van der Waals surface area (Å²) < 4.78 is 5.78. The molecule has 19 heavy (non-hydrogen) atoms. The molecule has 2 aromatic rings. The minimum atomic E-state index is 0.650. The minimum absolute atomic E-state index is 0.650. The van der Waals surface area contributed by atoms with Crippen molar-refractivity contribution in [3.8, 4) is 5.75 Å². The molecule has 0 spiro atoms. The van der Waals surface area contributed by atoms with Crippen LogP contribution in [0.1, 0.15) is 13.8 Å². The smallest absolute Gasteiger partial charge is 0.143 e. The van der Waals surface area contributed by atoms with E-state index in [1.807, 2.05) is 24.3 Å². The van der Waals surface area contributed by atoms with Crippen molar-refractivity contribution in [3.63, 3.8) is 0 Å². The number of nitrogens with two attached hydrogens (primary N) is 1. The monoisotopic (exact) mass is 259 g/mol. The van der Waals surface area contributed by atoms with Gasteiger partial charge < -0.3 is 15.4 Å². The number of anilines is 1. The number of likely N-dealkylation sites (N-methyl/N-ethyl adjacent to an activating group) is 1. The number of nitrogen functional groups attached to an aromatic ring is 1. The summed E-state index contributed by atoms with van der Waals surface area (Å²) >= 11 is 0. The molecule has 0 amide bonds. The third-order valence-electron chi connectivity index (χ3n) is 3.35. The fraction of sp³-hybridized carbons (Fsp3) is 0.400. The van der Waals surface area contributed by atoms with Crippen molar-refractivity contribution in [2.45, 2.75) is 13.8 Å². The van der Waals surface area contributed by atoms with Crippen molar-refractivity contribution in [2.75, 3.05) is 32.0 Å². The normalized spacial score (nSPS) is 11.1. The lowest BCUT2D eigenvalue weighted by molar-refractivity contribution is 0.223. The van der Waals surface area contributed by atoms with Crippen LogP contribution in [0.2, 0.25) is 0 Å². The van der Waals surface area contributed by atoms with Gasteiger partial charge in [0.1, 0.15) is 12.4 Å². The summed E-state index contributed by atoms with van der Waals surface area (Å²) in [7, 11) is 0. The minimum Gasteiger partial charge on any atom is -0.490 e. The van der Waals surface area contributed by atoms with Gasteiger partial charge >= 0.3 is 0 Å². The molecule has 0 aliphatic rings. The topological polar surface area (TPSA) is 51.4 Å². The first-order chi connectivity index (χ1) is 9.26. The quantitative estimate of drug-likeness (QED) is 0.810. The predicted molar refractivity (Wildman–Crippen MR) is 79.4 cm³/mol. The Balaban J connectivity index is 2.07. The van der Waals surface area contributed by atoms with Crippen LogP contribution in [0, 0.1) is 0 Å². The highest BCUT2D eigenvalue weighted by Gasteiger charge is 2.06. The van der Waals surface area contributed by atoms with Gasteiger partial charge in [0.15, 0.2) is 0 Å². The Kier molecular flexibility index (Phi) is 4.58. The van der Waals surface area contributed by atoms with Crippen LogP contribution in [-0.2, 0) is 0 Å². The molecule has 1 aromatic heterocycles. The maximum Gasteiger partial charge on any atom is 0.143 e. The Hall–Kier alpha value is -1.81. The molecule has 0 saturated heterocycles. The van der Waals surface area contributed by atoms with Crippen molar-refractivity contribution in [3.05, 3.63) is 30.5 Å². The average Bonchev–Trinajstić information content (AvgIpc) is 2.46. The van der Waals surface area contributed by atoms with Crippen LogP contribution in [0.4, 0.5) is 5.69 Å². The summed E-state index contributed by atoms with van der Waals surface area (Å²) in [6.07, 6.45) is 1.77. The zero-order valence-corrected chi connectivity index (χ0v) is 11.6. The Labute approximate surface area is 114 Å². The summed E-state index contributed by atoms with van der Waals surface area (Å²) in [5, 5.41) is 0.947. The Bertz CT molecular complexity index is 538. The standard InChI is InChI=1S/C15H21N3O/c1-3-18(4-2)10-11-19-14-8-7-13-12(15(14)16)6-5-9-17-13/h5-9H,3-4,10-11,16H2,1-2H3. The Morgan fingerprint density at radius 2 is 2.00 bits per heavy atom. The molecule has 0 saturated carbocycles. The van der Waals surface area contributed by atoms with Crippen LogP contribution >= 0.6 is 0 Å². The maximum atomic E-state index is 6.12. The highest BCUT2D eigenvalue weighted by Crippen LogP contribution is 2.29. The van der Waals surface area contributed by atoms with Gasteiger partial charge in [-0.15, -0.1) is 0 Å². The van der Waals surface area contributed by atoms with E-state index in [1.54, 1.807) is 6.20 Å². The molecule has 2 rings (SSSR count). The van der Waals surface area contributed by atoms with Gasteiger partial charge in [-0.3, -0.25) is 4.98 Å². The SMILES string of the molecule is CCN(CC)CCOc1ccc2ncccc2c1N. The van der Waals surface area contributed by atoms with E-state index in [4.69, 9.17) is 10.5 Å². The molecule has 4 nitrogen and oxygen atoms in total. The number of ether oxygens (including phenoxy) is 1. The summed E-state index contributed by atoms with van der Waals surface area (Å²) in [6, 6.07) is 7.69. The van der Waals surface area contributed by atoms with Crippen molar-refractivity contribution >= 4 is 16.6 Å². The maximum absolute atomic E-state index is 6.12. The highest BCUT2D eigenvalue weighted by molar-refractivity contribution is 5.93. The molecule has 0 bridgehead atoms. The number of aromatic nitrogens is 1. The molecular formula is C15H21N3O. The average molecular weight is 259 g/mol. The predicted octanol–water partition coefficient (Wildman–Crippen LogP) is 2.54. The van der Waals surface area contributed by atoms with Crippen LogP contribution in [0.25, 0.3) is 10.9 Å². The Morgan fingerprint density at radius 1 is 1.21 bits per heavy atom. The molecule has 1 aromatic carbocycles. The number of hydrogen-bond acceptors (Lipinski definition) is 4. The number of hydrogen-bond donors (Lipinski definition) is 1. The van der Waals surface area contributed by atoms with Gasteiger partial charge in [-0.25, -0.2) is 0 Å². The largest absolute Gasteiger partial charge is 0.490 e. The molecule has 1 heterocycles. The first kappa shape index (κ1) is 13.6. The molecule has 102 valence electrons. The number of nitrogens with zero attached hydrogens (tertiary/aromatic N) is 2. The van der Waals surface area contributed by atoms with E-state index < -0.39 is 0 Å². The Morgan fingerprint density at radius 3 is 2.74 bits per heavy atom. The lowest BCUT2D eigenvalue weighted by atomic mass is 10.1. The van der Waals surface area contributed by atoms with E-state index in [0.29, 0.717) is 12.3 Å². The van der Waals surface area contributed by atoms with E-state index in [9.17, 15) is 0 Å². The molecule has 0 unspecified atom stereocenters. The third-order valence-corrected chi connectivity index (χ3v) is 3.35. The first-order valence-electron chi connectivity index (χ1n) is 6.74. The van der Waals surface area contributed by atoms with Crippen LogP contribution in [0.15, 0.2) is 30.5 Å². The van der Waals surface area contributed by atoms with Gasteiger partial charge in [-0.2, -0.15) is 0 Å². The van der Waals surface area contributed by atoms with E-state index >= 15 is 0 Å². The van der Waals surface area contributed by atoms with Gasteiger partial charge in [-0.1, -0.05) is 13.8 Å². The number of rotatable bonds is 6. The van der Waals surface area contributed by atoms with Crippen LogP contribution < -0.4 is 10.5 Å². The van der Waals surface area contributed by atoms with Gasteiger partial charge in [0.25, 0.3) is 0 Å².